The lowest BCUT2D eigenvalue weighted by Gasteiger charge is -2.13. The molecule has 2 aromatic rings. The molecule has 2 heterocycles. The molecule has 0 fully saturated rings. The van der Waals surface area contributed by atoms with Crippen LogP contribution in [0.1, 0.15) is 24.2 Å². The highest BCUT2D eigenvalue weighted by atomic mass is 79.9. The van der Waals surface area contributed by atoms with Crippen molar-refractivity contribution in [3.8, 4) is 0 Å². The van der Waals surface area contributed by atoms with Crippen molar-refractivity contribution in [1.29, 1.82) is 0 Å². The minimum atomic E-state index is 0.295. The Balaban J connectivity index is 1.92. The Bertz CT molecular complexity index is 456. The van der Waals surface area contributed by atoms with E-state index < -0.39 is 0 Å². The Hall–Kier alpha value is -1.26. The molecule has 0 spiro atoms. The van der Waals surface area contributed by atoms with Crippen LogP contribution in [0.3, 0.4) is 0 Å². The fourth-order valence-corrected chi connectivity index (χ4v) is 1.77. The molecular formula is C13H14BrN3. The molecule has 2 rings (SSSR count). The number of halogens is 1. The van der Waals surface area contributed by atoms with Crippen LogP contribution in [0.2, 0.25) is 0 Å². The highest BCUT2D eigenvalue weighted by Gasteiger charge is 2.04. The van der Waals surface area contributed by atoms with E-state index in [2.05, 4.69) is 38.1 Å². The lowest BCUT2D eigenvalue weighted by Crippen LogP contribution is -2.18. The maximum Gasteiger partial charge on any atom is 0.0542 e. The zero-order valence-electron chi connectivity index (χ0n) is 9.60. The molecule has 0 saturated carbocycles. The maximum absolute atomic E-state index is 4.32. The summed E-state index contributed by atoms with van der Waals surface area (Å²) in [4.78, 5) is 8.33. The van der Waals surface area contributed by atoms with Crippen LogP contribution in [0.4, 0.5) is 0 Å². The van der Waals surface area contributed by atoms with Crippen molar-refractivity contribution >= 4 is 15.9 Å². The molecule has 0 aromatic carbocycles. The Kier molecular flexibility index (Phi) is 4.23. The summed E-state index contributed by atoms with van der Waals surface area (Å²) in [5.41, 5.74) is 2.27. The van der Waals surface area contributed by atoms with E-state index in [9.17, 15) is 0 Å². The summed E-state index contributed by atoms with van der Waals surface area (Å²) in [6.45, 7) is 2.89. The molecule has 0 aliphatic rings. The number of aromatic nitrogens is 2. The molecule has 0 amide bonds. The highest BCUT2D eigenvalue weighted by molar-refractivity contribution is 9.10. The van der Waals surface area contributed by atoms with E-state index in [1.165, 1.54) is 5.56 Å². The molecule has 0 unspecified atom stereocenters. The molecule has 0 aliphatic carbocycles. The van der Waals surface area contributed by atoms with Crippen LogP contribution in [-0.2, 0) is 6.54 Å². The zero-order chi connectivity index (χ0) is 12.1. The topological polar surface area (TPSA) is 37.8 Å². The number of nitrogens with one attached hydrogen (secondary N) is 1. The van der Waals surface area contributed by atoms with Gasteiger partial charge in [0.05, 0.1) is 5.69 Å². The van der Waals surface area contributed by atoms with Crippen LogP contribution in [0.15, 0.2) is 47.3 Å². The van der Waals surface area contributed by atoms with Gasteiger partial charge in [0, 0.05) is 35.6 Å². The third-order valence-electron chi connectivity index (χ3n) is 2.58. The van der Waals surface area contributed by atoms with Gasteiger partial charge in [0.25, 0.3) is 0 Å². The van der Waals surface area contributed by atoms with Gasteiger partial charge in [-0.3, -0.25) is 9.97 Å². The summed E-state index contributed by atoms with van der Waals surface area (Å²) in [6.07, 6.45) is 5.44. The normalized spacial score (nSPS) is 12.4. The first-order chi connectivity index (χ1) is 8.25. The summed E-state index contributed by atoms with van der Waals surface area (Å²) < 4.78 is 1.00. The zero-order valence-corrected chi connectivity index (χ0v) is 11.2. The van der Waals surface area contributed by atoms with Crippen LogP contribution in [0.5, 0.6) is 0 Å². The van der Waals surface area contributed by atoms with Gasteiger partial charge in [-0.15, -0.1) is 0 Å². The number of rotatable bonds is 4. The van der Waals surface area contributed by atoms with Crippen LogP contribution >= 0.6 is 15.9 Å². The van der Waals surface area contributed by atoms with Gasteiger partial charge < -0.3 is 5.32 Å². The average Bonchev–Trinajstić information content (AvgIpc) is 2.39. The van der Waals surface area contributed by atoms with E-state index in [1.807, 2.05) is 42.9 Å². The van der Waals surface area contributed by atoms with Crippen molar-refractivity contribution in [2.24, 2.45) is 0 Å². The van der Waals surface area contributed by atoms with Gasteiger partial charge >= 0.3 is 0 Å². The first-order valence-electron chi connectivity index (χ1n) is 5.49. The third kappa shape index (κ3) is 3.61. The van der Waals surface area contributed by atoms with E-state index >= 15 is 0 Å². The minimum Gasteiger partial charge on any atom is -0.305 e. The summed E-state index contributed by atoms with van der Waals surface area (Å²) in [5, 5.41) is 3.43. The molecule has 3 nitrogen and oxygen atoms in total. The largest absolute Gasteiger partial charge is 0.305 e. The van der Waals surface area contributed by atoms with Crippen molar-refractivity contribution in [3.63, 3.8) is 0 Å². The van der Waals surface area contributed by atoms with E-state index in [0.717, 1.165) is 16.7 Å². The Morgan fingerprint density at radius 3 is 2.65 bits per heavy atom. The van der Waals surface area contributed by atoms with Crippen molar-refractivity contribution in [1.82, 2.24) is 15.3 Å². The number of hydrogen-bond donors (Lipinski definition) is 1. The van der Waals surface area contributed by atoms with Crippen LogP contribution in [0.25, 0.3) is 0 Å². The smallest absolute Gasteiger partial charge is 0.0542 e. The highest BCUT2D eigenvalue weighted by Crippen LogP contribution is 2.12. The summed E-state index contributed by atoms with van der Waals surface area (Å²) in [7, 11) is 0. The van der Waals surface area contributed by atoms with Crippen LogP contribution < -0.4 is 5.32 Å². The molecule has 0 radical (unpaired) electrons. The van der Waals surface area contributed by atoms with Gasteiger partial charge in [-0.05, 0) is 52.7 Å². The number of hydrogen-bond acceptors (Lipinski definition) is 3. The van der Waals surface area contributed by atoms with Gasteiger partial charge in [0.2, 0.25) is 0 Å². The molecule has 2 aromatic heterocycles. The third-order valence-corrected chi connectivity index (χ3v) is 3.05. The molecule has 1 atom stereocenters. The molecule has 88 valence electrons. The van der Waals surface area contributed by atoms with Crippen molar-refractivity contribution in [2.75, 3.05) is 0 Å². The Morgan fingerprint density at radius 1 is 1.24 bits per heavy atom. The molecule has 4 heteroatoms. The van der Waals surface area contributed by atoms with Gasteiger partial charge in [-0.2, -0.15) is 0 Å². The molecule has 1 N–H and O–H groups in total. The Labute approximate surface area is 109 Å². The van der Waals surface area contributed by atoms with E-state index in [1.54, 1.807) is 0 Å². The summed E-state index contributed by atoms with van der Waals surface area (Å²) >= 11 is 3.37. The first-order valence-corrected chi connectivity index (χ1v) is 6.29. The minimum absolute atomic E-state index is 0.295. The van der Waals surface area contributed by atoms with Crippen molar-refractivity contribution < 1.29 is 0 Å². The lowest BCUT2D eigenvalue weighted by atomic mass is 10.1. The van der Waals surface area contributed by atoms with Crippen molar-refractivity contribution in [3.05, 3.63) is 58.6 Å². The second kappa shape index (κ2) is 5.89. The van der Waals surface area contributed by atoms with Crippen LogP contribution in [-0.4, -0.2) is 9.97 Å². The SMILES string of the molecule is C[C@@H](NCc1ccc(Br)cn1)c1ccncc1. The second-order valence-corrected chi connectivity index (χ2v) is 4.77. The molecule has 17 heavy (non-hydrogen) atoms. The quantitative estimate of drug-likeness (QED) is 0.941. The van der Waals surface area contributed by atoms with E-state index in [-0.39, 0.29) is 0 Å². The molecular weight excluding hydrogens is 278 g/mol. The van der Waals surface area contributed by atoms with Crippen LogP contribution in [0, 0.1) is 0 Å². The monoisotopic (exact) mass is 291 g/mol. The summed E-state index contributed by atoms with van der Waals surface area (Å²) in [5.74, 6) is 0. The van der Waals surface area contributed by atoms with Gasteiger partial charge in [0.15, 0.2) is 0 Å². The number of pyridine rings is 2. The standard InChI is InChI=1S/C13H14BrN3/c1-10(11-4-6-15-7-5-11)16-9-13-3-2-12(14)8-17-13/h2-8,10,16H,9H2,1H3/t10-/m1/s1. The maximum atomic E-state index is 4.32. The molecule has 0 saturated heterocycles. The Morgan fingerprint density at radius 2 is 2.00 bits per heavy atom. The first kappa shape index (κ1) is 12.2. The second-order valence-electron chi connectivity index (χ2n) is 3.85. The van der Waals surface area contributed by atoms with Crippen molar-refractivity contribution in [2.45, 2.75) is 19.5 Å². The predicted octanol–water partition coefficient (Wildman–Crippen LogP) is 3.09. The average molecular weight is 292 g/mol. The van der Waals surface area contributed by atoms with E-state index in [4.69, 9.17) is 0 Å². The fraction of sp³-hybridized carbons (Fsp3) is 0.231. The summed E-state index contributed by atoms with van der Waals surface area (Å²) in [6, 6.07) is 8.35. The van der Waals surface area contributed by atoms with Gasteiger partial charge in [-0.1, -0.05) is 0 Å². The number of nitrogens with zero attached hydrogens (tertiary/aromatic N) is 2. The molecule has 0 aliphatic heterocycles. The predicted molar refractivity (Wildman–Crippen MR) is 71.4 cm³/mol. The fourth-order valence-electron chi connectivity index (χ4n) is 1.54. The molecule has 0 bridgehead atoms. The van der Waals surface area contributed by atoms with E-state index in [0.29, 0.717) is 6.04 Å². The lowest BCUT2D eigenvalue weighted by molar-refractivity contribution is 0.567. The van der Waals surface area contributed by atoms with Gasteiger partial charge in [0.1, 0.15) is 0 Å². The van der Waals surface area contributed by atoms with Gasteiger partial charge in [-0.25, -0.2) is 0 Å².